The molecule has 1 nitrogen and oxygen atoms in total. The first kappa shape index (κ1) is 13.5. The second-order valence-corrected chi connectivity index (χ2v) is 3.27. The van der Waals surface area contributed by atoms with Gasteiger partial charge < -0.3 is 5.32 Å². The lowest BCUT2D eigenvalue weighted by atomic mass is 10.1. The zero-order chi connectivity index (χ0) is 10.8. The third kappa shape index (κ3) is 6.01. The summed E-state index contributed by atoms with van der Waals surface area (Å²) in [6, 6.07) is 8.04. The van der Waals surface area contributed by atoms with Crippen molar-refractivity contribution in [3.8, 4) is 0 Å². The van der Waals surface area contributed by atoms with Crippen molar-refractivity contribution in [2.45, 2.75) is 26.7 Å². The van der Waals surface area contributed by atoms with Gasteiger partial charge in [0, 0.05) is 5.02 Å². The Bertz CT molecular complexity index is 218. The Balaban J connectivity index is 0.000000791. The van der Waals surface area contributed by atoms with Crippen LogP contribution in [0.3, 0.4) is 0 Å². The summed E-state index contributed by atoms with van der Waals surface area (Å²) in [6.45, 7) is 5.07. The Labute approximate surface area is 92.5 Å². The summed E-state index contributed by atoms with van der Waals surface area (Å²) in [5.41, 5.74) is 1.36. The summed E-state index contributed by atoms with van der Waals surface area (Å²) in [5, 5.41) is 3.94. The van der Waals surface area contributed by atoms with Crippen LogP contribution >= 0.6 is 11.6 Å². The number of nitrogens with one attached hydrogen (secondary N) is 1. The van der Waals surface area contributed by atoms with E-state index < -0.39 is 0 Å². The minimum atomic E-state index is 0.812. The topological polar surface area (TPSA) is 12.0 Å². The molecule has 1 N–H and O–H groups in total. The summed E-state index contributed by atoms with van der Waals surface area (Å²) in [4.78, 5) is 0. The van der Waals surface area contributed by atoms with Gasteiger partial charge in [0.2, 0.25) is 0 Å². The predicted octanol–water partition coefficient (Wildman–Crippen LogP) is 3.52. The van der Waals surface area contributed by atoms with Gasteiger partial charge in [-0.05, 0) is 44.1 Å². The van der Waals surface area contributed by atoms with Crippen molar-refractivity contribution < 1.29 is 0 Å². The van der Waals surface area contributed by atoms with Gasteiger partial charge in [-0.2, -0.15) is 0 Å². The van der Waals surface area contributed by atoms with E-state index in [1.54, 1.807) is 0 Å². The Kier molecular flexibility index (Phi) is 8.70. The highest BCUT2D eigenvalue weighted by Gasteiger charge is 1.91. The Morgan fingerprint density at radius 2 is 1.71 bits per heavy atom. The highest BCUT2D eigenvalue weighted by Crippen LogP contribution is 2.10. The molecule has 0 aliphatic heterocycles. The largest absolute Gasteiger partial charge is 0.320 e. The molecule has 2 heteroatoms. The molecule has 0 saturated carbocycles. The van der Waals surface area contributed by atoms with Crippen LogP contribution in [0.15, 0.2) is 24.3 Å². The number of rotatable bonds is 4. The van der Waals surface area contributed by atoms with Gasteiger partial charge in [0.15, 0.2) is 0 Å². The van der Waals surface area contributed by atoms with Crippen LogP contribution < -0.4 is 5.32 Å². The molecule has 0 bridgehead atoms. The van der Waals surface area contributed by atoms with E-state index in [1.807, 2.05) is 33.0 Å². The van der Waals surface area contributed by atoms with Gasteiger partial charge in [0.05, 0.1) is 0 Å². The van der Waals surface area contributed by atoms with E-state index in [9.17, 15) is 0 Å². The number of benzene rings is 1. The van der Waals surface area contributed by atoms with Crippen LogP contribution in [0.1, 0.15) is 25.8 Å². The van der Waals surface area contributed by atoms with Gasteiger partial charge in [-0.25, -0.2) is 0 Å². The maximum atomic E-state index is 5.76. The van der Waals surface area contributed by atoms with Crippen molar-refractivity contribution in [2.24, 2.45) is 0 Å². The summed E-state index contributed by atoms with van der Waals surface area (Å²) >= 11 is 5.76. The molecule has 0 unspecified atom stereocenters. The SMILES string of the molecule is CC.CNCCCc1ccc(Cl)cc1. The standard InChI is InChI=1S/C10H14ClN.C2H6/c1-12-8-2-3-9-4-6-10(11)7-5-9;1-2/h4-7,12H,2-3,8H2,1H3;1-2H3. The Morgan fingerprint density at radius 3 is 2.21 bits per heavy atom. The van der Waals surface area contributed by atoms with Crippen molar-refractivity contribution in [1.82, 2.24) is 5.32 Å². The molecule has 14 heavy (non-hydrogen) atoms. The second kappa shape index (κ2) is 9.04. The Hall–Kier alpha value is -0.530. The van der Waals surface area contributed by atoms with Gasteiger partial charge in [-0.15, -0.1) is 0 Å². The minimum absolute atomic E-state index is 0.812. The van der Waals surface area contributed by atoms with Crippen molar-refractivity contribution >= 4 is 11.6 Å². The molecule has 1 aromatic carbocycles. The average molecular weight is 214 g/mol. The zero-order valence-electron chi connectivity index (χ0n) is 9.31. The molecule has 0 fully saturated rings. The molecule has 0 atom stereocenters. The first-order valence-corrected chi connectivity index (χ1v) is 5.60. The Morgan fingerprint density at radius 1 is 1.14 bits per heavy atom. The van der Waals surface area contributed by atoms with Gasteiger partial charge in [-0.1, -0.05) is 37.6 Å². The third-order valence-electron chi connectivity index (χ3n) is 1.81. The summed E-state index contributed by atoms with van der Waals surface area (Å²) in [7, 11) is 1.97. The fourth-order valence-corrected chi connectivity index (χ4v) is 1.25. The van der Waals surface area contributed by atoms with E-state index in [2.05, 4.69) is 17.4 Å². The van der Waals surface area contributed by atoms with Crippen molar-refractivity contribution in [1.29, 1.82) is 0 Å². The summed E-state index contributed by atoms with van der Waals surface area (Å²) < 4.78 is 0. The first-order chi connectivity index (χ1) is 6.83. The maximum absolute atomic E-state index is 5.76. The van der Waals surface area contributed by atoms with E-state index in [0.717, 1.165) is 18.0 Å². The van der Waals surface area contributed by atoms with Crippen molar-refractivity contribution in [2.75, 3.05) is 13.6 Å². The van der Waals surface area contributed by atoms with E-state index in [1.165, 1.54) is 12.0 Å². The minimum Gasteiger partial charge on any atom is -0.320 e. The summed E-state index contributed by atoms with van der Waals surface area (Å²) in [5.74, 6) is 0. The predicted molar refractivity (Wildman–Crippen MR) is 65.0 cm³/mol. The van der Waals surface area contributed by atoms with Gasteiger partial charge in [-0.3, -0.25) is 0 Å². The molecule has 0 aliphatic carbocycles. The second-order valence-electron chi connectivity index (χ2n) is 2.83. The lowest BCUT2D eigenvalue weighted by molar-refractivity contribution is 0.725. The van der Waals surface area contributed by atoms with E-state index in [4.69, 9.17) is 11.6 Å². The molecule has 0 radical (unpaired) electrons. The van der Waals surface area contributed by atoms with Crippen LogP contribution in [-0.4, -0.2) is 13.6 Å². The van der Waals surface area contributed by atoms with E-state index in [0.29, 0.717) is 0 Å². The zero-order valence-corrected chi connectivity index (χ0v) is 10.1. The molecular formula is C12H20ClN. The lowest BCUT2D eigenvalue weighted by Crippen LogP contribution is -2.08. The molecular weight excluding hydrogens is 194 g/mol. The molecule has 80 valence electrons. The quantitative estimate of drug-likeness (QED) is 0.755. The normalized spacial score (nSPS) is 9.14. The molecule has 0 saturated heterocycles. The maximum Gasteiger partial charge on any atom is 0.0406 e. The van der Waals surface area contributed by atoms with Crippen LogP contribution in [-0.2, 0) is 6.42 Å². The molecule has 1 rings (SSSR count). The third-order valence-corrected chi connectivity index (χ3v) is 2.06. The van der Waals surface area contributed by atoms with Gasteiger partial charge in [0.25, 0.3) is 0 Å². The molecule has 0 heterocycles. The highest BCUT2D eigenvalue weighted by atomic mass is 35.5. The molecule has 0 aromatic heterocycles. The lowest BCUT2D eigenvalue weighted by Gasteiger charge is -2.00. The fraction of sp³-hybridized carbons (Fsp3) is 0.500. The number of hydrogen-bond acceptors (Lipinski definition) is 1. The smallest absolute Gasteiger partial charge is 0.0406 e. The summed E-state index contributed by atoms with van der Waals surface area (Å²) in [6.07, 6.45) is 2.30. The fourth-order valence-electron chi connectivity index (χ4n) is 1.12. The average Bonchev–Trinajstić information content (AvgIpc) is 2.24. The van der Waals surface area contributed by atoms with Gasteiger partial charge >= 0.3 is 0 Å². The van der Waals surface area contributed by atoms with Crippen LogP contribution in [0.4, 0.5) is 0 Å². The molecule has 1 aromatic rings. The van der Waals surface area contributed by atoms with Crippen LogP contribution in [0.5, 0.6) is 0 Å². The number of hydrogen-bond donors (Lipinski definition) is 1. The number of halogens is 1. The van der Waals surface area contributed by atoms with Crippen molar-refractivity contribution in [3.63, 3.8) is 0 Å². The van der Waals surface area contributed by atoms with Crippen LogP contribution in [0.25, 0.3) is 0 Å². The van der Waals surface area contributed by atoms with Gasteiger partial charge in [0.1, 0.15) is 0 Å². The van der Waals surface area contributed by atoms with Crippen molar-refractivity contribution in [3.05, 3.63) is 34.9 Å². The monoisotopic (exact) mass is 213 g/mol. The first-order valence-electron chi connectivity index (χ1n) is 5.22. The molecule has 0 spiro atoms. The highest BCUT2D eigenvalue weighted by molar-refractivity contribution is 6.30. The van der Waals surface area contributed by atoms with Crippen LogP contribution in [0, 0.1) is 0 Å². The van der Waals surface area contributed by atoms with E-state index in [-0.39, 0.29) is 0 Å². The van der Waals surface area contributed by atoms with E-state index >= 15 is 0 Å². The van der Waals surface area contributed by atoms with Crippen LogP contribution in [0.2, 0.25) is 5.02 Å². The molecule has 0 amide bonds. The molecule has 0 aliphatic rings. The number of aryl methyl sites for hydroxylation is 1.